The monoisotopic (exact) mass is 570 g/mol. The van der Waals surface area contributed by atoms with Crippen LogP contribution in [0.2, 0.25) is 0 Å². The van der Waals surface area contributed by atoms with Gasteiger partial charge in [-0.25, -0.2) is 4.79 Å². The van der Waals surface area contributed by atoms with Gasteiger partial charge in [-0.05, 0) is 66.8 Å². The molecule has 0 aromatic heterocycles. The molecule has 0 saturated heterocycles. The summed E-state index contributed by atoms with van der Waals surface area (Å²) in [5.41, 5.74) is 8.36. The van der Waals surface area contributed by atoms with Crippen LogP contribution in [0.25, 0.3) is 0 Å². The number of rotatable bonds is 13. The maximum absolute atomic E-state index is 12.8. The van der Waals surface area contributed by atoms with E-state index in [9.17, 15) is 10.1 Å². The lowest BCUT2D eigenvalue weighted by Crippen LogP contribution is -2.21. The van der Waals surface area contributed by atoms with Crippen molar-refractivity contribution in [2.75, 3.05) is 20.3 Å². The van der Waals surface area contributed by atoms with Gasteiger partial charge < -0.3 is 29.4 Å². The van der Waals surface area contributed by atoms with Gasteiger partial charge in [0.2, 0.25) is 5.88 Å². The summed E-state index contributed by atoms with van der Waals surface area (Å²) in [6.07, 6.45) is 4.15. The predicted molar refractivity (Wildman–Crippen MR) is 160 cm³/mol. The third-order valence-corrected chi connectivity index (χ3v) is 6.98. The average Bonchev–Trinajstić information content (AvgIpc) is 2.98. The molecule has 1 atom stereocenters. The molecule has 2 N–H and O–H groups in total. The number of carbonyl (C=O) groups excluding carboxylic acids is 1. The first-order valence-electron chi connectivity index (χ1n) is 14.3. The number of allylic oxidation sites excluding steroid dienone is 1. The molecule has 0 amide bonds. The Kier molecular flexibility index (Phi) is 10.3. The molecular weight excluding hydrogens is 532 g/mol. The lowest BCUT2D eigenvalue weighted by molar-refractivity contribution is 0.0734. The van der Waals surface area contributed by atoms with Crippen LogP contribution in [0.15, 0.2) is 72.1 Å². The summed E-state index contributed by atoms with van der Waals surface area (Å²) >= 11 is 0. The predicted octanol–water partition coefficient (Wildman–Crippen LogP) is 7.13. The number of carbonyl (C=O) groups is 1. The molecule has 0 spiro atoms. The van der Waals surface area contributed by atoms with Crippen molar-refractivity contribution < 1.29 is 28.5 Å². The van der Waals surface area contributed by atoms with Crippen LogP contribution in [0.4, 0.5) is 0 Å². The molecule has 8 nitrogen and oxygen atoms in total. The molecule has 42 heavy (non-hydrogen) atoms. The van der Waals surface area contributed by atoms with Crippen molar-refractivity contribution in [3.63, 3.8) is 0 Å². The van der Waals surface area contributed by atoms with Crippen molar-refractivity contribution >= 4 is 5.97 Å². The van der Waals surface area contributed by atoms with E-state index < -0.39 is 11.9 Å². The van der Waals surface area contributed by atoms with E-state index in [4.69, 9.17) is 29.4 Å². The number of nitrogens with zero attached hydrogens (tertiary/aromatic N) is 1. The molecule has 1 aliphatic heterocycles. The Morgan fingerprint density at radius 2 is 1.74 bits per heavy atom. The molecule has 0 fully saturated rings. The van der Waals surface area contributed by atoms with E-state index in [-0.39, 0.29) is 17.2 Å². The lowest BCUT2D eigenvalue weighted by atomic mass is 9.83. The maximum atomic E-state index is 12.8. The Balaban J connectivity index is 1.53. The second kappa shape index (κ2) is 14.3. The Morgan fingerprint density at radius 3 is 2.43 bits per heavy atom. The Labute approximate surface area is 247 Å². The first-order valence-corrected chi connectivity index (χ1v) is 14.3. The molecule has 0 bridgehead atoms. The van der Waals surface area contributed by atoms with Gasteiger partial charge in [0.05, 0.1) is 31.8 Å². The Morgan fingerprint density at radius 1 is 0.976 bits per heavy atom. The molecule has 4 rings (SSSR count). The number of ether oxygens (including phenoxy) is 5. The zero-order valence-electron chi connectivity index (χ0n) is 24.6. The fourth-order valence-electron chi connectivity index (χ4n) is 4.62. The Bertz CT molecular complexity index is 1460. The summed E-state index contributed by atoms with van der Waals surface area (Å²) in [6, 6.07) is 19.7. The SMILES string of the molecule is CCCCCOc1ccc(C(=O)Oc2ccc3c(c2)OC(N)=C(C#N)C3c2ccc(OCCC(C)C)c(OC)c2)cc1. The number of benzene rings is 3. The first-order chi connectivity index (χ1) is 20.3. The zero-order valence-corrected chi connectivity index (χ0v) is 24.6. The third kappa shape index (κ3) is 7.35. The number of fused-ring (bicyclic) bond motifs is 1. The van der Waals surface area contributed by atoms with Crippen molar-refractivity contribution in [3.05, 3.63) is 88.8 Å². The van der Waals surface area contributed by atoms with Crippen molar-refractivity contribution in [1.29, 1.82) is 5.26 Å². The molecule has 8 heteroatoms. The van der Waals surface area contributed by atoms with E-state index in [0.29, 0.717) is 53.3 Å². The summed E-state index contributed by atoms with van der Waals surface area (Å²) in [4.78, 5) is 12.8. The fourth-order valence-corrected chi connectivity index (χ4v) is 4.62. The van der Waals surface area contributed by atoms with Crippen LogP contribution in [-0.4, -0.2) is 26.3 Å². The molecular formula is C34H38N2O6. The van der Waals surface area contributed by atoms with Gasteiger partial charge in [0, 0.05) is 11.6 Å². The number of nitriles is 1. The van der Waals surface area contributed by atoms with Gasteiger partial charge >= 0.3 is 5.97 Å². The number of esters is 1. The molecule has 0 radical (unpaired) electrons. The molecule has 1 aliphatic rings. The molecule has 3 aromatic carbocycles. The second-order valence-electron chi connectivity index (χ2n) is 10.5. The van der Waals surface area contributed by atoms with E-state index in [1.165, 1.54) is 0 Å². The number of nitrogens with two attached hydrogens (primary N) is 1. The number of methoxy groups -OCH3 is 1. The van der Waals surface area contributed by atoms with Crippen molar-refractivity contribution in [2.24, 2.45) is 11.7 Å². The smallest absolute Gasteiger partial charge is 0.343 e. The highest BCUT2D eigenvalue weighted by atomic mass is 16.5. The van der Waals surface area contributed by atoms with Crippen LogP contribution in [-0.2, 0) is 0 Å². The molecule has 1 heterocycles. The number of hydrogen-bond donors (Lipinski definition) is 1. The molecule has 3 aromatic rings. The van der Waals surface area contributed by atoms with Gasteiger partial charge in [-0.2, -0.15) is 5.26 Å². The molecule has 0 saturated carbocycles. The van der Waals surface area contributed by atoms with Gasteiger partial charge in [0.1, 0.15) is 28.9 Å². The van der Waals surface area contributed by atoms with Gasteiger partial charge in [0.25, 0.3) is 0 Å². The van der Waals surface area contributed by atoms with Crippen LogP contribution in [0.3, 0.4) is 0 Å². The quantitative estimate of drug-likeness (QED) is 0.131. The normalized spacial score (nSPS) is 14.0. The fraction of sp³-hybridized carbons (Fsp3) is 0.353. The van der Waals surface area contributed by atoms with Gasteiger partial charge in [-0.1, -0.05) is 45.7 Å². The largest absolute Gasteiger partial charge is 0.494 e. The highest BCUT2D eigenvalue weighted by molar-refractivity contribution is 5.91. The minimum Gasteiger partial charge on any atom is -0.494 e. The standard InChI is InChI=1S/C34H38N2O6/c1-5-6-7-17-39-25-11-8-23(9-12-25)34(37)41-26-13-14-27-30(20-26)42-33(36)28(21-35)32(27)24-10-15-29(31(19-24)38-4)40-18-16-22(2)3/h8-15,19-20,22,32H,5-7,16-18,36H2,1-4H3. The topological polar surface area (TPSA) is 113 Å². The molecule has 1 unspecified atom stereocenters. The highest BCUT2D eigenvalue weighted by Gasteiger charge is 2.32. The van der Waals surface area contributed by atoms with E-state index >= 15 is 0 Å². The summed E-state index contributed by atoms with van der Waals surface area (Å²) < 4.78 is 28.7. The highest BCUT2D eigenvalue weighted by Crippen LogP contribution is 2.45. The van der Waals surface area contributed by atoms with Gasteiger partial charge in [0.15, 0.2) is 11.5 Å². The number of hydrogen-bond acceptors (Lipinski definition) is 8. The van der Waals surface area contributed by atoms with E-state index in [1.807, 2.05) is 18.2 Å². The average molecular weight is 571 g/mol. The summed E-state index contributed by atoms with van der Waals surface area (Å²) in [6.45, 7) is 7.64. The third-order valence-electron chi connectivity index (χ3n) is 6.98. The lowest BCUT2D eigenvalue weighted by Gasteiger charge is -2.27. The second-order valence-corrected chi connectivity index (χ2v) is 10.5. The summed E-state index contributed by atoms with van der Waals surface area (Å²) in [5.74, 6) is 2.06. The van der Waals surface area contributed by atoms with Gasteiger partial charge in [-0.15, -0.1) is 0 Å². The van der Waals surface area contributed by atoms with Gasteiger partial charge in [-0.3, -0.25) is 0 Å². The van der Waals surface area contributed by atoms with E-state index in [1.54, 1.807) is 49.6 Å². The first kappa shape index (κ1) is 30.3. The van der Waals surface area contributed by atoms with Crippen LogP contribution in [0.5, 0.6) is 28.7 Å². The van der Waals surface area contributed by atoms with Crippen LogP contribution < -0.4 is 29.4 Å². The molecule has 220 valence electrons. The summed E-state index contributed by atoms with van der Waals surface area (Å²) in [5, 5.41) is 9.96. The van der Waals surface area contributed by atoms with Crippen LogP contribution >= 0.6 is 0 Å². The van der Waals surface area contributed by atoms with Crippen molar-refractivity contribution in [1.82, 2.24) is 0 Å². The van der Waals surface area contributed by atoms with Crippen LogP contribution in [0.1, 0.15) is 73.9 Å². The zero-order chi connectivity index (χ0) is 30.1. The number of unbranched alkanes of at least 4 members (excludes halogenated alkanes) is 2. The van der Waals surface area contributed by atoms with Crippen LogP contribution in [0, 0.1) is 17.2 Å². The van der Waals surface area contributed by atoms with Crippen molar-refractivity contribution in [2.45, 2.75) is 52.4 Å². The Hall–Kier alpha value is -4.64. The molecule has 0 aliphatic carbocycles. The van der Waals surface area contributed by atoms with E-state index in [2.05, 4.69) is 26.8 Å². The van der Waals surface area contributed by atoms with E-state index in [0.717, 1.165) is 31.2 Å². The minimum absolute atomic E-state index is 0.00997. The van der Waals surface area contributed by atoms with Crippen molar-refractivity contribution in [3.8, 4) is 34.8 Å². The minimum atomic E-state index is -0.515. The maximum Gasteiger partial charge on any atom is 0.343 e. The summed E-state index contributed by atoms with van der Waals surface area (Å²) in [7, 11) is 1.58.